The Hall–Kier alpha value is -2.66. The van der Waals surface area contributed by atoms with Gasteiger partial charge in [0.05, 0.1) is 5.69 Å². The molecule has 1 saturated heterocycles. The van der Waals surface area contributed by atoms with Gasteiger partial charge in [-0.15, -0.1) is 0 Å². The van der Waals surface area contributed by atoms with Crippen molar-refractivity contribution < 1.29 is 14.4 Å². The molecule has 6 heteroatoms. The molecule has 0 aromatic heterocycles. The van der Waals surface area contributed by atoms with E-state index in [9.17, 15) is 14.4 Å². The van der Waals surface area contributed by atoms with Crippen LogP contribution in [-0.2, 0) is 9.59 Å². The van der Waals surface area contributed by atoms with E-state index in [4.69, 9.17) is 11.6 Å². The molecule has 1 aliphatic rings. The molecule has 0 atom stereocenters. The number of hydrogen-bond donors (Lipinski definition) is 1. The topological polar surface area (TPSA) is 66.5 Å². The van der Waals surface area contributed by atoms with Gasteiger partial charge in [-0.3, -0.25) is 19.3 Å². The molecule has 3 rings (SSSR count). The van der Waals surface area contributed by atoms with Crippen molar-refractivity contribution in [3.63, 3.8) is 0 Å². The number of amides is 3. The second-order valence-electron chi connectivity index (χ2n) is 5.13. The summed E-state index contributed by atoms with van der Waals surface area (Å²) in [6, 6.07) is 13.1. The Morgan fingerprint density at radius 2 is 1.48 bits per heavy atom. The van der Waals surface area contributed by atoms with E-state index in [0.717, 1.165) is 4.90 Å². The summed E-state index contributed by atoms with van der Waals surface area (Å²) in [5.74, 6) is -0.709. The van der Waals surface area contributed by atoms with Gasteiger partial charge in [0.25, 0.3) is 5.91 Å². The van der Waals surface area contributed by atoms with E-state index in [-0.39, 0.29) is 30.6 Å². The molecule has 23 heavy (non-hydrogen) atoms. The predicted molar refractivity (Wildman–Crippen MR) is 87.6 cm³/mol. The molecule has 116 valence electrons. The second-order valence-corrected chi connectivity index (χ2v) is 5.57. The molecule has 2 aromatic rings. The first kappa shape index (κ1) is 15.2. The standard InChI is InChI=1S/C17H13ClN2O3/c18-12-3-5-13(6-4-12)19-17(23)11-1-7-14(8-2-11)20-15(21)9-10-16(20)22/h1-8H,9-10H2,(H,19,23). The molecule has 1 aliphatic heterocycles. The maximum Gasteiger partial charge on any atom is 0.255 e. The van der Waals surface area contributed by atoms with Gasteiger partial charge >= 0.3 is 0 Å². The first-order chi connectivity index (χ1) is 11.0. The minimum atomic E-state index is -0.280. The van der Waals surface area contributed by atoms with Crippen LogP contribution < -0.4 is 10.2 Å². The third kappa shape index (κ3) is 3.24. The molecule has 0 radical (unpaired) electrons. The number of benzene rings is 2. The Labute approximate surface area is 137 Å². The number of carbonyl (C=O) groups is 3. The highest BCUT2D eigenvalue weighted by Gasteiger charge is 2.30. The van der Waals surface area contributed by atoms with Gasteiger partial charge in [-0.1, -0.05) is 11.6 Å². The molecular weight excluding hydrogens is 316 g/mol. The average molecular weight is 329 g/mol. The number of anilines is 2. The summed E-state index contributed by atoms with van der Waals surface area (Å²) in [5.41, 5.74) is 1.55. The third-order valence-electron chi connectivity index (χ3n) is 3.54. The lowest BCUT2D eigenvalue weighted by Gasteiger charge is -2.14. The maximum atomic E-state index is 12.2. The van der Waals surface area contributed by atoms with Crippen molar-refractivity contribution >= 4 is 40.7 Å². The normalized spacial score (nSPS) is 14.2. The molecule has 1 N–H and O–H groups in total. The minimum Gasteiger partial charge on any atom is -0.322 e. The SMILES string of the molecule is O=C(Nc1ccc(Cl)cc1)c1ccc(N2C(=O)CCC2=O)cc1. The summed E-state index contributed by atoms with van der Waals surface area (Å²) in [4.78, 5) is 36.7. The molecule has 0 saturated carbocycles. The van der Waals surface area contributed by atoms with Crippen LogP contribution in [0.3, 0.4) is 0 Å². The van der Waals surface area contributed by atoms with Crippen molar-refractivity contribution in [2.24, 2.45) is 0 Å². The first-order valence-corrected chi connectivity index (χ1v) is 7.45. The van der Waals surface area contributed by atoms with Gasteiger partial charge in [0.15, 0.2) is 0 Å². The van der Waals surface area contributed by atoms with Crippen LogP contribution in [0.5, 0.6) is 0 Å². The highest BCUT2D eigenvalue weighted by Crippen LogP contribution is 2.23. The molecule has 1 heterocycles. The number of hydrogen-bond acceptors (Lipinski definition) is 3. The van der Waals surface area contributed by atoms with Crippen molar-refractivity contribution in [2.75, 3.05) is 10.2 Å². The van der Waals surface area contributed by atoms with Crippen LogP contribution in [0, 0.1) is 0 Å². The Morgan fingerprint density at radius 1 is 0.913 bits per heavy atom. The number of carbonyl (C=O) groups excluding carboxylic acids is 3. The largest absolute Gasteiger partial charge is 0.322 e. The molecule has 0 unspecified atom stereocenters. The van der Waals surface area contributed by atoms with Crippen LogP contribution >= 0.6 is 11.6 Å². The van der Waals surface area contributed by atoms with Gasteiger partial charge in [0.1, 0.15) is 0 Å². The van der Waals surface area contributed by atoms with Crippen LogP contribution in [0.15, 0.2) is 48.5 Å². The molecule has 0 bridgehead atoms. The maximum absolute atomic E-state index is 12.2. The van der Waals surface area contributed by atoms with Crippen LogP contribution in [-0.4, -0.2) is 17.7 Å². The molecule has 1 fully saturated rings. The van der Waals surface area contributed by atoms with Gasteiger partial charge in [-0.2, -0.15) is 0 Å². The fourth-order valence-electron chi connectivity index (χ4n) is 2.36. The molecule has 0 spiro atoms. The minimum absolute atomic E-state index is 0.214. The summed E-state index contributed by atoms with van der Waals surface area (Å²) >= 11 is 5.80. The fraction of sp³-hybridized carbons (Fsp3) is 0.118. The quantitative estimate of drug-likeness (QED) is 0.879. The highest BCUT2D eigenvalue weighted by molar-refractivity contribution is 6.30. The van der Waals surface area contributed by atoms with Gasteiger partial charge in [-0.25, -0.2) is 0 Å². The van der Waals surface area contributed by atoms with Crippen LogP contribution in [0.1, 0.15) is 23.2 Å². The van der Waals surface area contributed by atoms with E-state index in [1.165, 1.54) is 0 Å². The van der Waals surface area contributed by atoms with Gasteiger partial charge in [0, 0.05) is 29.1 Å². The lowest BCUT2D eigenvalue weighted by atomic mass is 10.1. The molecule has 3 amide bonds. The summed E-state index contributed by atoms with van der Waals surface area (Å²) in [5, 5.41) is 3.34. The van der Waals surface area contributed by atoms with Crippen molar-refractivity contribution in [3.8, 4) is 0 Å². The summed E-state index contributed by atoms with van der Waals surface area (Å²) in [7, 11) is 0. The van der Waals surface area contributed by atoms with Crippen molar-refractivity contribution in [1.82, 2.24) is 0 Å². The lowest BCUT2D eigenvalue weighted by molar-refractivity contribution is -0.121. The van der Waals surface area contributed by atoms with Crippen LogP contribution in [0.2, 0.25) is 5.02 Å². The molecule has 0 aliphatic carbocycles. The van der Waals surface area contributed by atoms with Crippen molar-refractivity contribution in [3.05, 3.63) is 59.1 Å². The zero-order chi connectivity index (χ0) is 16.4. The van der Waals surface area contributed by atoms with Crippen LogP contribution in [0.25, 0.3) is 0 Å². The predicted octanol–water partition coefficient (Wildman–Crippen LogP) is 3.25. The monoisotopic (exact) mass is 328 g/mol. The van der Waals surface area contributed by atoms with Crippen molar-refractivity contribution in [1.29, 1.82) is 0 Å². The second kappa shape index (κ2) is 6.22. The Morgan fingerprint density at radius 3 is 2.04 bits per heavy atom. The smallest absolute Gasteiger partial charge is 0.255 e. The van der Waals surface area contributed by atoms with E-state index in [2.05, 4.69) is 5.32 Å². The average Bonchev–Trinajstić information content (AvgIpc) is 2.88. The van der Waals surface area contributed by atoms with E-state index >= 15 is 0 Å². The first-order valence-electron chi connectivity index (χ1n) is 7.07. The Kier molecular flexibility index (Phi) is 4.12. The summed E-state index contributed by atoms with van der Waals surface area (Å²) in [6.07, 6.45) is 0.468. The highest BCUT2D eigenvalue weighted by atomic mass is 35.5. The number of imide groups is 1. The summed E-state index contributed by atoms with van der Waals surface area (Å²) < 4.78 is 0. The van der Waals surface area contributed by atoms with Crippen molar-refractivity contribution in [2.45, 2.75) is 12.8 Å². The van der Waals surface area contributed by atoms with E-state index < -0.39 is 0 Å². The number of halogens is 1. The molecule has 2 aromatic carbocycles. The van der Waals surface area contributed by atoms with Gasteiger partial charge < -0.3 is 5.32 Å². The fourth-order valence-corrected chi connectivity index (χ4v) is 2.49. The lowest BCUT2D eigenvalue weighted by Crippen LogP contribution is -2.28. The van der Waals surface area contributed by atoms with E-state index in [1.807, 2.05) is 0 Å². The number of nitrogens with one attached hydrogen (secondary N) is 1. The molecule has 5 nitrogen and oxygen atoms in total. The van der Waals surface area contributed by atoms with E-state index in [0.29, 0.717) is 22.0 Å². The molecular formula is C17H13ClN2O3. The number of rotatable bonds is 3. The zero-order valence-electron chi connectivity index (χ0n) is 12.1. The van der Waals surface area contributed by atoms with Crippen LogP contribution in [0.4, 0.5) is 11.4 Å². The number of nitrogens with zero attached hydrogens (tertiary/aromatic N) is 1. The Balaban J connectivity index is 1.74. The van der Waals surface area contributed by atoms with E-state index in [1.54, 1.807) is 48.5 Å². The Bertz CT molecular complexity index is 753. The summed E-state index contributed by atoms with van der Waals surface area (Å²) in [6.45, 7) is 0. The zero-order valence-corrected chi connectivity index (χ0v) is 12.8. The van der Waals surface area contributed by atoms with Gasteiger partial charge in [-0.05, 0) is 48.5 Å². The third-order valence-corrected chi connectivity index (χ3v) is 3.79. The van der Waals surface area contributed by atoms with Gasteiger partial charge in [0.2, 0.25) is 11.8 Å².